The van der Waals surface area contributed by atoms with Crippen LogP contribution in [0.1, 0.15) is 44.7 Å². The molecule has 11 N–H and O–H groups in total. The van der Waals surface area contributed by atoms with Crippen LogP contribution in [0, 0.1) is 0 Å². The van der Waals surface area contributed by atoms with Crippen molar-refractivity contribution in [3.63, 3.8) is 0 Å². The molecule has 5 amide bonds. The lowest BCUT2D eigenvalue weighted by Gasteiger charge is -2.51. The van der Waals surface area contributed by atoms with Crippen molar-refractivity contribution in [1.82, 2.24) is 42.1 Å². The summed E-state index contributed by atoms with van der Waals surface area (Å²) in [6, 6.07) is 11.1. The molecule has 2 aromatic rings. The van der Waals surface area contributed by atoms with Crippen molar-refractivity contribution in [2.45, 2.75) is 60.3 Å². The van der Waals surface area contributed by atoms with E-state index in [1.54, 1.807) is 53.1 Å². The zero-order chi connectivity index (χ0) is 37.5. The molecule has 0 bridgehead atoms. The predicted octanol–water partition coefficient (Wildman–Crippen LogP) is -1.68. The largest absolute Gasteiger partial charge is 0.447 e. The maximum Gasteiger partial charge on any atom is 0.407 e. The summed E-state index contributed by atoms with van der Waals surface area (Å²) in [6.07, 6.45) is -0.462. The third-order valence-corrected chi connectivity index (χ3v) is 11.6. The molecular weight excluding hydrogens is 709 g/mol. The number of alkyl carbamates (subject to hydrolysis) is 1. The number of rotatable bonds is 11. The Morgan fingerprint density at radius 3 is 2.43 bits per heavy atom. The number of hydrogen-bond acceptors (Lipinski definition) is 14. The van der Waals surface area contributed by atoms with E-state index in [2.05, 4.69) is 48.8 Å². The lowest BCUT2D eigenvalue weighted by atomic mass is 9.86. The number of amides is 5. The summed E-state index contributed by atoms with van der Waals surface area (Å²) < 4.78 is 5.44. The van der Waals surface area contributed by atoms with Crippen LogP contribution in [0.2, 0.25) is 0 Å². The molecule has 0 aliphatic carbocycles. The van der Waals surface area contributed by atoms with Gasteiger partial charge in [-0.15, -0.1) is 0 Å². The number of carbonyl (C=O) groups excluding carboxylic acids is 5. The molecule has 5 aliphatic heterocycles. The van der Waals surface area contributed by atoms with Crippen LogP contribution in [0.4, 0.5) is 9.59 Å². The number of guanidine groups is 1. The first kappa shape index (κ1) is 35.9. The molecule has 6 atom stereocenters. The minimum absolute atomic E-state index is 0.0166. The molecule has 19 heteroatoms. The zero-order valence-corrected chi connectivity index (χ0v) is 29.2. The highest BCUT2D eigenvalue weighted by atomic mass is 32.2. The number of nitrogens with one attached hydrogen (secondary N) is 7. The second-order valence-electron chi connectivity index (χ2n) is 13.4. The minimum Gasteiger partial charge on any atom is -0.447 e. The van der Waals surface area contributed by atoms with Gasteiger partial charge in [0.2, 0.25) is 11.7 Å². The van der Waals surface area contributed by atoms with E-state index in [9.17, 15) is 34.2 Å². The van der Waals surface area contributed by atoms with Crippen LogP contribution in [0.5, 0.6) is 0 Å². The average molecular weight is 749 g/mol. The molecule has 0 saturated carbocycles. The Kier molecular flexibility index (Phi) is 9.56. The van der Waals surface area contributed by atoms with E-state index in [0.717, 1.165) is 5.75 Å². The Morgan fingerprint density at radius 2 is 1.70 bits per heavy atom. The van der Waals surface area contributed by atoms with Crippen molar-refractivity contribution in [2.75, 3.05) is 25.6 Å². The maximum absolute atomic E-state index is 13.1. The molecule has 7 rings (SSSR count). The van der Waals surface area contributed by atoms with Gasteiger partial charge in [-0.2, -0.15) is 11.8 Å². The van der Waals surface area contributed by atoms with Crippen molar-refractivity contribution in [2.24, 2.45) is 10.7 Å². The number of nitrogens with two attached hydrogens (primary N) is 1. The Hall–Kier alpha value is -5.53. The lowest BCUT2D eigenvalue weighted by Crippen LogP contribution is -2.77. The summed E-state index contributed by atoms with van der Waals surface area (Å²) in [5.74, 6) is -1.88. The van der Waals surface area contributed by atoms with E-state index >= 15 is 0 Å². The van der Waals surface area contributed by atoms with Gasteiger partial charge in [0.15, 0.2) is 17.4 Å². The van der Waals surface area contributed by atoms with Gasteiger partial charge in [0, 0.05) is 53.6 Å². The fourth-order valence-corrected chi connectivity index (χ4v) is 8.92. The second kappa shape index (κ2) is 14.1. The van der Waals surface area contributed by atoms with Crippen LogP contribution in [-0.4, -0.2) is 117 Å². The fraction of sp³-hybridized carbons (Fsp3) is 0.412. The first-order chi connectivity index (χ1) is 25.3. The number of fused-ring (bicyclic) bond motifs is 1. The molecule has 4 saturated heterocycles. The Morgan fingerprint density at radius 1 is 1.00 bits per heavy atom. The van der Waals surface area contributed by atoms with Gasteiger partial charge in [-0.05, 0) is 17.7 Å². The van der Waals surface area contributed by atoms with Crippen LogP contribution in [0.15, 0.2) is 65.9 Å². The van der Waals surface area contributed by atoms with Gasteiger partial charge in [-0.1, -0.05) is 43.0 Å². The smallest absolute Gasteiger partial charge is 0.407 e. The molecule has 280 valence electrons. The highest BCUT2D eigenvalue weighted by molar-refractivity contribution is 8.00. The van der Waals surface area contributed by atoms with E-state index < -0.39 is 35.5 Å². The fourth-order valence-electron chi connectivity index (χ4n) is 7.44. The number of ether oxygens (including phenoxy) is 1. The highest BCUT2D eigenvalue weighted by Crippen LogP contribution is 2.45. The summed E-state index contributed by atoms with van der Waals surface area (Å²) >= 11 is 1.62. The molecule has 0 aromatic heterocycles. The Balaban J connectivity index is 0.842. The van der Waals surface area contributed by atoms with Crippen LogP contribution < -0.4 is 43.0 Å². The number of carbonyl (C=O) groups is 5. The molecule has 18 nitrogen and oxygen atoms in total. The summed E-state index contributed by atoms with van der Waals surface area (Å²) in [4.78, 5) is 68.3. The maximum atomic E-state index is 13.1. The predicted molar refractivity (Wildman–Crippen MR) is 191 cm³/mol. The molecule has 1 spiro atoms. The van der Waals surface area contributed by atoms with Crippen LogP contribution >= 0.6 is 11.8 Å². The van der Waals surface area contributed by atoms with Gasteiger partial charge in [-0.3, -0.25) is 14.4 Å². The third-order valence-electron chi connectivity index (χ3n) is 10.1. The van der Waals surface area contributed by atoms with Gasteiger partial charge < -0.3 is 62.8 Å². The van der Waals surface area contributed by atoms with Gasteiger partial charge in [0.05, 0.1) is 30.6 Å². The number of benzene rings is 2. The minimum atomic E-state index is -2.15. The highest BCUT2D eigenvalue weighted by Gasteiger charge is 2.69. The van der Waals surface area contributed by atoms with E-state index in [4.69, 9.17) is 10.5 Å². The number of hydrogen-bond donors (Lipinski definition) is 10. The van der Waals surface area contributed by atoms with Gasteiger partial charge >= 0.3 is 12.1 Å². The van der Waals surface area contributed by atoms with Crippen molar-refractivity contribution in [3.05, 3.63) is 83.2 Å². The zero-order valence-electron chi connectivity index (χ0n) is 28.4. The number of thioether (sulfide) groups is 1. The van der Waals surface area contributed by atoms with E-state index in [-0.39, 0.29) is 73.7 Å². The molecular formula is C34H40N10O8S. The van der Waals surface area contributed by atoms with Gasteiger partial charge in [0.1, 0.15) is 12.6 Å². The quantitative estimate of drug-likeness (QED) is 0.0701. The number of urea groups is 1. The Labute approximate surface area is 307 Å². The lowest BCUT2D eigenvalue weighted by molar-refractivity contribution is -0.229. The van der Waals surface area contributed by atoms with E-state index in [0.29, 0.717) is 34.6 Å². The van der Waals surface area contributed by atoms with Crippen molar-refractivity contribution in [1.29, 1.82) is 0 Å². The first-order valence-corrected chi connectivity index (χ1v) is 18.1. The summed E-state index contributed by atoms with van der Waals surface area (Å²) in [5.41, 5.74) is 6.29. The van der Waals surface area contributed by atoms with Crippen molar-refractivity contribution < 1.29 is 38.9 Å². The van der Waals surface area contributed by atoms with E-state index in [1.165, 1.54) is 12.1 Å². The molecule has 53 heavy (non-hydrogen) atoms. The number of ketones is 1. The molecule has 3 unspecified atom stereocenters. The summed E-state index contributed by atoms with van der Waals surface area (Å²) in [6.45, 7) is 4.17. The summed E-state index contributed by atoms with van der Waals surface area (Å²) in [5, 5.41) is 41.3. The first-order valence-electron chi connectivity index (χ1n) is 17.0. The molecule has 0 radical (unpaired) electrons. The summed E-state index contributed by atoms with van der Waals surface area (Å²) in [7, 11) is 0. The molecule has 2 aromatic carbocycles. The average Bonchev–Trinajstić information content (AvgIpc) is 3.87. The third kappa shape index (κ3) is 6.89. The monoisotopic (exact) mass is 748 g/mol. The Bertz CT molecular complexity index is 1860. The van der Waals surface area contributed by atoms with Crippen molar-refractivity contribution in [3.8, 4) is 0 Å². The molecule has 5 aliphatic rings. The van der Waals surface area contributed by atoms with Crippen molar-refractivity contribution >= 4 is 47.4 Å². The number of aliphatic imine (C=N–C) groups is 1. The van der Waals surface area contributed by atoms with Crippen LogP contribution in [-0.2, 0) is 16.1 Å². The standard InChI is InChI=1S/C34H40N10O8S/c1-17-39-22(28-34(43-30(35)42-28)33(50,51)10-11-44(17)34)14-52-32(49)36-13-18-2-4-19(5-3-18)27(46)20-6-8-21(9-7-20)29(47)38-16-37-25(45)12-24-26-23(15-53-24)40-31(48)41-26/h2-9,22-24,26,28,39,50-51H,1,10-16H2,(H,36,49)(H,37,45)(H,38,47)(H3,35,42,43)(H2,40,41,48)/t22?,23-,24?,26-,28-,34?/m0/s1. The molecule has 5 heterocycles. The normalized spacial score (nSPS) is 27.5. The SMILES string of the molecule is C=C1NC(COC(=O)NCc2ccc(C(=O)c3ccc(C(=O)NCNC(=O)CC4SC[C@@H]5NC(=O)N[C@H]45)cc3)cc2)[C@@H]2N=C(N)NC23N1CCC3(O)O. The van der Waals surface area contributed by atoms with Crippen LogP contribution in [0.25, 0.3) is 0 Å². The number of aliphatic hydroxyl groups is 2. The van der Waals surface area contributed by atoms with Crippen LogP contribution in [0.3, 0.4) is 0 Å². The topological polar surface area (TPSA) is 261 Å². The van der Waals surface area contributed by atoms with Gasteiger partial charge in [-0.25, -0.2) is 14.6 Å². The second-order valence-corrected chi connectivity index (χ2v) is 14.7. The number of nitrogens with zero attached hydrogens (tertiary/aromatic N) is 2. The van der Waals surface area contributed by atoms with E-state index in [1.807, 2.05) is 0 Å². The van der Waals surface area contributed by atoms with Gasteiger partial charge in [0.25, 0.3) is 5.91 Å². The molecule has 4 fully saturated rings.